The lowest BCUT2D eigenvalue weighted by atomic mass is 9.62. The van der Waals surface area contributed by atoms with Gasteiger partial charge in [0.2, 0.25) is 5.91 Å². The summed E-state index contributed by atoms with van der Waals surface area (Å²) in [6, 6.07) is 0. The Morgan fingerprint density at radius 3 is 1.71 bits per heavy atom. The van der Waals surface area contributed by atoms with E-state index in [1.165, 1.54) is 80.4 Å². The summed E-state index contributed by atoms with van der Waals surface area (Å²) in [6.45, 7) is 8.79. The SMILES string of the molecule is CCCCC(CCCC)(CC(=O)N(CCC[NH+](C)C)CCC[NH+](C)C)C1CCCCC1. The quantitative estimate of drug-likeness (QED) is 0.358. The highest BCUT2D eigenvalue weighted by atomic mass is 16.2. The summed E-state index contributed by atoms with van der Waals surface area (Å²) in [4.78, 5) is 19.0. The van der Waals surface area contributed by atoms with Crippen LogP contribution in [0.1, 0.15) is 104 Å². The average Bonchev–Trinajstić information content (AvgIpc) is 2.74. The number of nitrogens with one attached hydrogen (secondary N) is 2. The van der Waals surface area contributed by atoms with Gasteiger partial charge < -0.3 is 14.7 Å². The van der Waals surface area contributed by atoms with Gasteiger partial charge >= 0.3 is 0 Å². The third-order valence-electron chi connectivity index (χ3n) is 7.59. The minimum absolute atomic E-state index is 0.251. The Balaban J connectivity index is 2.97. The average molecular weight is 440 g/mol. The van der Waals surface area contributed by atoms with Crippen molar-refractivity contribution in [1.82, 2.24) is 4.90 Å². The summed E-state index contributed by atoms with van der Waals surface area (Å²) < 4.78 is 0. The molecule has 0 aliphatic heterocycles. The molecule has 31 heavy (non-hydrogen) atoms. The zero-order valence-corrected chi connectivity index (χ0v) is 22.2. The van der Waals surface area contributed by atoms with E-state index in [0.717, 1.165) is 51.4 Å². The molecule has 4 nitrogen and oxygen atoms in total. The van der Waals surface area contributed by atoms with Crippen molar-refractivity contribution < 1.29 is 14.6 Å². The predicted molar refractivity (Wildman–Crippen MR) is 134 cm³/mol. The molecule has 0 unspecified atom stereocenters. The highest BCUT2D eigenvalue weighted by Crippen LogP contribution is 2.48. The van der Waals surface area contributed by atoms with Crippen molar-refractivity contribution in [2.45, 2.75) is 104 Å². The number of carbonyl (C=O) groups is 1. The van der Waals surface area contributed by atoms with E-state index in [4.69, 9.17) is 0 Å². The first-order chi connectivity index (χ1) is 14.8. The van der Waals surface area contributed by atoms with Crippen LogP contribution in [0.3, 0.4) is 0 Å². The van der Waals surface area contributed by atoms with Crippen LogP contribution in [0.5, 0.6) is 0 Å². The molecule has 0 bridgehead atoms. The number of nitrogens with zero attached hydrogens (tertiary/aromatic N) is 1. The standard InChI is InChI=1S/C27H55N3O/c1-7-9-18-27(19-10-8-2,25-16-12-11-13-17-25)24-26(31)30(22-14-20-28(3)4)23-15-21-29(5)6/h25H,7-24H2,1-6H3/p+2. The molecule has 1 amide bonds. The minimum atomic E-state index is 0.251. The van der Waals surface area contributed by atoms with Crippen LogP contribution in [-0.4, -0.2) is 65.2 Å². The van der Waals surface area contributed by atoms with Gasteiger partial charge in [-0.3, -0.25) is 4.79 Å². The first-order valence-electron chi connectivity index (χ1n) is 13.7. The Morgan fingerprint density at radius 2 is 1.29 bits per heavy atom. The van der Waals surface area contributed by atoms with Crippen LogP contribution >= 0.6 is 0 Å². The lowest BCUT2D eigenvalue weighted by Crippen LogP contribution is -3.05. The van der Waals surface area contributed by atoms with Gasteiger partial charge in [0.15, 0.2) is 0 Å². The van der Waals surface area contributed by atoms with E-state index in [0.29, 0.717) is 5.91 Å². The van der Waals surface area contributed by atoms with Crippen molar-refractivity contribution in [2.75, 3.05) is 54.4 Å². The van der Waals surface area contributed by atoms with Gasteiger partial charge in [-0.1, -0.05) is 58.8 Å². The van der Waals surface area contributed by atoms with Crippen molar-refractivity contribution in [3.05, 3.63) is 0 Å². The van der Waals surface area contributed by atoms with Crippen molar-refractivity contribution in [3.63, 3.8) is 0 Å². The third-order valence-corrected chi connectivity index (χ3v) is 7.59. The fourth-order valence-electron chi connectivity index (χ4n) is 5.65. The molecule has 1 aliphatic carbocycles. The van der Waals surface area contributed by atoms with Crippen LogP contribution in [-0.2, 0) is 4.79 Å². The third kappa shape index (κ3) is 11.2. The van der Waals surface area contributed by atoms with Crippen LogP contribution in [0.15, 0.2) is 0 Å². The molecule has 1 saturated carbocycles. The first-order valence-corrected chi connectivity index (χ1v) is 13.7. The van der Waals surface area contributed by atoms with E-state index < -0.39 is 0 Å². The molecular formula is C27H57N3O+2. The molecule has 0 atom stereocenters. The number of carbonyl (C=O) groups excluding carboxylic acids is 1. The lowest BCUT2D eigenvalue weighted by molar-refractivity contribution is -0.858. The fourth-order valence-corrected chi connectivity index (χ4v) is 5.65. The Hall–Kier alpha value is -0.610. The normalized spacial score (nSPS) is 15.7. The van der Waals surface area contributed by atoms with E-state index in [2.05, 4.69) is 46.9 Å². The lowest BCUT2D eigenvalue weighted by Gasteiger charge is -2.44. The molecular weight excluding hydrogens is 382 g/mol. The smallest absolute Gasteiger partial charge is 0.223 e. The molecule has 2 N–H and O–H groups in total. The predicted octanol–water partition coefficient (Wildman–Crippen LogP) is 3.22. The van der Waals surface area contributed by atoms with Crippen LogP contribution in [0.2, 0.25) is 0 Å². The fraction of sp³-hybridized carbons (Fsp3) is 0.963. The summed E-state index contributed by atoms with van der Waals surface area (Å²) in [7, 11) is 8.85. The maximum Gasteiger partial charge on any atom is 0.223 e. The highest BCUT2D eigenvalue weighted by Gasteiger charge is 2.40. The van der Waals surface area contributed by atoms with Gasteiger partial charge in [0.1, 0.15) is 0 Å². The molecule has 1 fully saturated rings. The zero-order valence-electron chi connectivity index (χ0n) is 22.2. The molecule has 0 heterocycles. The van der Waals surface area contributed by atoms with Gasteiger partial charge in [0, 0.05) is 32.4 Å². The number of quaternary nitrogens is 2. The number of hydrogen-bond donors (Lipinski definition) is 2. The van der Waals surface area contributed by atoms with E-state index in [-0.39, 0.29) is 5.41 Å². The van der Waals surface area contributed by atoms with E-state index in [1.54, 1.807) is 0 Å². The molecule has 0 radical (unpaired) electrons. The van der Waals surface area contributed by atoms with Gasteiger partial charge in [-0.05, 0) is 37.0 Å². The largest absolute Gasteiger partial charge is 0.342 e. The molecule has 0 spiro atoms. The van der Waals surface area contributed by atoms with Crippen molar-refractivity contribution >= 4 is 5.91 Å². The maximum atomic E-state index is 13.8. The van der Waals surface area contributed by atoms with Crippen molar-refractivity contribution in [3.8, 4) is 0 Å². The van der Waals surface area contributed by atoms with Crippen LogP contribution in [0, 0.1) is 11.3 Å². The Kier molecular flexibility index (Phi) is 14.7. The summed E-state index contributed by atoms with van der Waals surface area (Å²) in [5.41, 5.74) is 0.251. The van der Waals surface area contributed by atoms with Crippen LogP contribution in [0.4, 0.5) is 0 Å². The van der Waals surface area contributed by atoms with Crippen LogP contribution < -0.4 is 9.80 Å². The van der Waals surface area contributed by atoms with Crippen molar-refractivity contribution in [1.29, 1.82) is 0 Å². The van der Waals surface area contributed by atoms with Gasteiger partial charge in [-0.15, -0.1) is 0 Å². The van der Waals surface area contributed by atoms with Gasteiger partial charge in [-0.25, -0.2) is 0 Å². The second kappa shape index (κ2) is 16.1. The number of rotatable bonds is 17. The molecule has 1 rings (SSSR count). The Labute approximate surface area is 195 Å². The zero-order chi connectivity index (χ0) is 23.1. The van der Waals surface area contributed by atoms with Gasteiger partial charge in [0.25, 0.3) is 0 Å². The molecule has 4 heteroatoms. The molecule has 0 saturated heterocycles. The molecule has 0 aromatic carbocycles. The minimum Gasteiger partial charge on any atom is -0.342 e. The van der Waals surface area contributed by atoms with Gasteiger partial charge in [0.05, 0.1) is 41.3 Å². The Bertz CT molecular complexity index is 435. The topological polar surface area (TPSA) is 29.2 Å². The second-order valence-corrected chi connectivity index (χ2v) is 11.1. The van der Waals surface area contributed by atoms with E-state index >= 15 is 0 Å². The molecule has 1 aliphatic rings. The first kappa shape index (κ1) is 28.4. The van der Waals surface area contributed by atoms with E-state index in [1.807, 2.05) is 0 Å². The second-order valence-electron chi connectivity index (χ2n) is 11.1. The summed E-state index contributed by atoms with van der Waals surface area (Å²) in [6.07, 6.45) is 17.5. The molecule has 184 valence electrons. The highest BCUT2D eigenvalue weighted by molar-refractivity contribution is 5.77. The monoisotopic (exact) mass is 439 g/mol. The molecule has 0 aromatic rings. The maximum absolute atomic E-state index is 13.8. The van der Waals surface area contributed by atoms with Crippen molar-refractivity contribution in [2.24, 2.45) is 11.3 Å². The Morgan fingerprint density at radius 1 is 0.806 bits per heavy atom. The summed E-state index contributed by atoms with van der Waals surface area (Å²) >= 11 is 0. The van der Waals surface area contributed by atoms with Crippen LogP contribution in [0.25, 0.3) is 0 Å². The van der Waals surface area contributed by atoms with Gasteiger partial charge in [-0.2, -0.15) is 0 Å². The number of hydrogen-bond acceptors (Lipinski definition) is 1. The number of unbranched alkanes of at least 4 members (excludes halogenated alkanes) is 2. The van der Waals surface area contributed by atoms with E-state index in [9.17, 15) is 4.79 Å². The number of amides is 1. The molecule has 0 aromatic heterocycles. The summed E-state index contributed by atoms with van der Waals surface area (Å²) in [5, 5.41) is 0. The summed E-state index contributed by atoms with van der Waals surface area (Å²) in [5.74, 6) is 1.22.